The van der Waals surface area contributed by atoms with Gasteiger partial charge in [-0.15, -0.1) is 0 Å². The average Bonchev–Trinajstić information content (AvgIpc) is 2.74. The molecule has 6 heteroatoms. The van der Waals surface area contributed by atoms with E-state index in [2.05, 4.69) is 20.8 Å². The van der Waals surface area contributed by atoms with E-state index < -0.39 is 14.3 Å². The molecule has 1 atom stereocenters. The van der Waals surface area contributed by atoms with Crippen LogP contribution >= 0.6 is 8.38 Å². The van der Waals surface area contributed by atoms with Gasteiger partial charge in [-0.2, -0.15) is 0 Å². The minimum atomic E-state index is -1.18. The van der Waals surface area contributed by atoms with Crippen molar-refractivity contribution < 1.29 is 23.7 Å². The molecule has 0 spiro atoms. The third-order valence-electron chi connectivity index (χ3n) is 6.16. The monoisotopic (exact) mass is 516 g/mol. The number of esters is 1. The summed E-state index contributed by atoms with van der Waals surface area (Å²) in [6, 6.07) is 9.88. The summed E-state index contributed by atoms with van der Waals surface area (Å²) in [4.78, 5) is 13.5. The van der Waals surface area contributed by atoms with E-state index in [9.17, 15) is 9.90 Å². The van der Waals surface area contributed by atoms with Gasteiger partial charge < -0.3 is 18.9 Å². The van der Waals surface area contributed by atoms with E-state index in [0.29, 0.717) is 37.3 Å². The second-order valence-electron chi connectivity index (χ2n) is 11.5. The number of phenolic OH excluding ortho intramolecular Hbond substituents is 1. The molecule has 0 aliphatic rings. The lowest BCUT2D eigenvalue weighted by Crippen LogP contribution is -2.35. The van der Waals surface area contributed by atoms with E-state index in [-0.39, 0.29) is 16.8 Å². The number of benzene rings is 2. The smallest absolute Gasteiger partial charge is 0.315 e. The topological polar surface area (TPSA) is 65.0 Å². The van der Waals surface area contributed by atoms with Crippen LogP contribution in [-0.2, 0) is 25.7 Å². The Morgan fingerprint density at radius 2 is 1.50 bits per heavy atom. The Balaban J connectivity index is 2.41. The van der Waals surface area contributed by atoms with Crippen LogP contribution in [-0.4, -0.2) is 30.5 Å². The number of aryl methyl sites for hydroxylation is 2. The third-order valence-corrected chi connectivity index (χ3v) is 7.91. The fraction of sp³-hybridized carbons (Fsp3) is 0.567. The molecule has 5 nitrogen and oxygen atoms in total. The van der Waals surface area contributed by atoms with E-state index in [0.717, 1.165) is 27.8 Å². The maximum Gasteiger partial charge on any atom is 0.315 e. The van der Waals surface area contributed by atoms with Crippen molar-refractivity contribution in [3.8, 4) is 11.5 Å². The summed E-state index contributed by atoms with van der Waals surface area (Å²) in [5.41, 5.74) is 4.25. The third kappa shape index (κ3) is 8.30. The second kappa shape index (κ2) is 12.5. The quantitative estimate of drug-likeness (QED) is 0.198. The molecule has 36 heavy (non-hydrogen) atoms. The molecule has 0 saturated carbocycles. The molecule has 0 saturated heterocycles. The maximum absolute atomic E-state index is 13.5. The molecule has 0 aliphatic heterocycles. The van der Waals surface area contributed by atoms with Crippen molar-refractivity contribution in [2.24, 2.45) is 11.3 Å². The Kier molecular flexibility index (Phi) is 10.5. The first-order valence-electron chi connectivity index (χ1n) is 12.8. The van der Waals surface area contributed by atoms with Crippen molar-refractivity contribution in [1.29, 1.82) is 0 Å². The summed E-state index contributed by atoms with van der Waals surface area (Å²) in [5.74, 6) is 0.146. The largest absolute Gasteiger partial charge is 0.507 e. The molecule has 0 bridgehead atoms. The first-order chi connectivity index (χ1) is 16.7. The van der Waals surface area contributed by atoms with Crippen molar-refractivity contribution >= 4 is 14.3 Å². The fourth-order valence-electron chi connectivity index (χ4n) is 4.17. The number of aromatic hydroxyl groups is 1. The van der Waals surface area contributed by atoms with Gasteiger partial charge >= 0.3 is 5.97 Å². The van der Waals surface area contributed by atoms with E-state index >= 15 is 0 Å². The van der Waals surface area contributed by atoms with Crippen LogP contribution in [0.2, 0.25) is 0 Å². The number of carbonyl (C=O) groups is 1. The highest BCUT2D eigenvalue weighted by atomic mass is 31.2. The molecule has 1 unspecified atom stereocenters. The highest BCUT2D eigenvalue weighted by Crippen LogP contribution is 2.45. The van der Waals surface area contributed by atoms with E-state index in [1.807, 2.05) is 78.8 Å². The standard InChI is InChI=1S/C30H45O5P/c1-11-33-36(34-12-2)19-25(30(8,9)10)28(32)35-26-14-13-20(3)15-22(26)18-23-16-21(4)17-24(27(23)31)29(5,6)7/h13-17,25,31H,11-12,18-19H2,1-10H3. The van der Waals surface area contributed by atoms with Gasteiger partial charge in [0.2, 0.25) is 0 Å². The van der Waals surface area contributed by atoms with Gasteiger partial charge in [0, 0.05) is 12.6 Å². The number of hydrogen-bond donors (Lipinski definition) is 1. The van der Waals surface area contributed by atoms with Crippen molar-refractivity contribution in [1.82, 2.24) is 0 Å². The van der Waals surface area contributed by atoms with E-state index in [1.165, 1.54) is 0 Å². The SMILES string of the molecule is CCOP(CC(C(=O)Oc1ccc(C)cc1Cc1cc(C)cc(C(C)(C)C)c1O)C(C)(C)C)OCC. The summed E-state index contributed by atoms with van der Waals surface area (Å²) in [5, 5.41) is 11.1. The van der Waals surface area contributed by atoms with Crippen LogP contribution < -0.4 is 4.74 Å². The molecular weight excluding hydrogens is 471 g/mol. The van der Waals surface area contributed by atoms with Crippen molar-refractivity contribution in [2.45, 2.75) is 81.1 Å². The summed E-state index contributed by atoms with van der Waals surface area (Å²) in [6.07, 6.45) is 0.944. The summed E-state index contributed by atoms with van der Waals surface area (Å²) < 4.78 is 17.7. The zero-order chi connectivity index (χ0) is 27.3. The number of ether oxygens (including phenoxy) is 1. The number of phenols is 1. The first-order valence-corrected chi connectivity index (χ1v) is 14.2. The lowest BCUT2D eigenvalue weighted by atomic mass is 9.82. The molecular formula is C30H45O5P. The number of rotatable bonds is 10. The zero-order valence-corrected chi connectivity index (χ0v) is 24.7. The molecule has 0 heterocycles. The van der Waals surface area contributed by atoms with Gasteiger partial charge in [-0.25, -0.2) is 0 Å². The zero-order valence-electron chi connectivity index (χ0n) is 23.8. The van der Waals surface area contributed by atoms with Crippen LogP contribution in [0.15, 0.2) is 30.3 Å². The van der Waals surface area contributed by atoms with Gasteiger partial charge in [-0.05, 0) is 61.3 Å². The normalized spacial score (nSPS) is 13.2. The molecule has 200 valence electrons. The second-order valence-corrected chi connectivity index (χ2v) is 13.1. The van der Waals surface area contributed by atoms with Crippen LogP contribution in [0.4, 0.5) is 0 Å². The minimum Gasteiger partial charge on any atom is -0.507 e. The van der Waals surface area contributed by atoms with E-state index in [1.54, 1.807) is 0 Å². The summed E-state index contributed by atoms with van der Waals surface area (Å²) in [7, 11) is -1.18. The van der Waals surface area contributed by atoms with Gasteiger partial charge in [0.25, 0.3) is 0 Å². The summed E-state index contributed by atoms with van der Waals surface area (Å²) >= 11 is 0. The maximum atomic E-state index is 13.5. The van der Waals surface area contributed by atoms with Crippen molar-refractivity contribution in [2.75, 3.05) is 19.4 Å². The molecule has 1 N–H and O–H groups in total. The van der Waals surface area contributed by atoms with Crippen LogP contribution in [0, 0.1) is 25.2 Å². The number of carbonyl (C=O) groups excluding carboxylic acids is 1. The molecule has 0 fully saturated rings. The molecule has 0 aliphatic carbocycles. The van der Waals surface area contributed by atoms with Gasteiger partial charge in [-0.1, -0.05) is 76.9 Å². The van der Waals surface area contributed by atoms with Crippen LogP contribution in [0.5, 0.6) is 11.5 Å². The molecule has 0 amide bonds. The van der Waals surface area contributed by atoms with Crippen LogP contribution in [0.1, 0.15) is 83.2 Å². The molecule has 0 radical (unpaired) electrons. The van der Waals surface area contributed by atoms with Gasteiger partial charge in [0.1, 0.15) is 11.5 Å². The molecule has 2 rings (SSSR count). The van der Waals surface area contributed by atoms with Crippen molar-refractivity contribution in [3.63, 3.8) is 0 Å². The molecule has 0 aromatic heterocycles. The highest BCUT2D eigenvalue weighted by molar-refractivity contribution is 7.47. The Morgan fingerprint density at radius 3 is 2.03 bits per heavy atom. The number of hydrogen-bond acceptors (Lipinski definition) is 5. The Bertz CT molecular complexity index is 1030. The van der Waals surface area contributed by atoms with Crippen LogP contribution in [0.25, 0.3) is 0 Å². The highest BCUT2D eigenvalue weighted by Gasteiger charge is 2.36. The first kappa shape index (κ1) is 30.3. The molecule has 2 aromatic carbocycles. The predicted molar refractivity (Wildman–Crippen MR) is 149 cm³/mol. The lowest BCUT2D eigenvalue weighted by molar-refractivity contribution is -0.141. The Hall–Kier alpha value is -1.94. The fourth-order valence-corrected chi connectivity index (χ4v) is 6.03. The van der Waals surface area contributed by atoms with Crippen LogP contribution in [0.3, 0.4) is 0 Å². The summed E-state index contributed by atoms with van der Waals surface area (Å²) in [6.45, 7) is 21.4. The molecule has 2 aromatic rings. The van der Waals surface area contributed by atoms with Gasteiger partial charge in [0.05, 0.1) is 19.1 Å². The average molecular weight is 517 g/mol. The van der Waals surface area contributed by atoms with Gasteiger partial charge in [0.15, 0.2) is 8.38 Å². The minimum absolute atomic E-state index is 0.188. The lowest BCUT2D eigenvalue weighted by Gasteiger charge is -2.31. The van der Waals surface area contributed by atoms with Crippen molar-refractivity contribution in [3.05, 3.63) is 58.1 Å². The Morgan fingerprint density at radius 1 is 0.917 bits per heavy atom. The van der Waals surface area contributed by atoms with Gasteiger partial charge in [-0.3, -0.25) is 4.79 Å². The predicted octanol–water partition coefficient (Wildman–Crippen LogP) is 7.85. The van der Waals surface area contributed by atoms with E-state index in [4.69, 9.17) is 13.8 Å². The Labute approximate surface area is 219 Å².